The van der Waals surface area contributed by atoms with Crippen LogP contribution in [0.5, 0.6) is 0 Å². The van der Waals surface area contributed by atoms with Crippen LogP contribution in [0.15, 0.2) is 30.3 Å². The molecule has 0 radical (unpaired) electrons. The SMILES string of the molecule is CC(C)(C)OC(=O)N[C@@H](C[C@@H](Cc1ccccc1)C(=O)O)C(=O)O. The Morgan fingerprint density at radius 1 is 1.08 bits per heavy atom. The van der Waals surface area contributed by atoms with Gasteiger partial charge in [-0.05, 0) is 39.2 Å². The van der Waals surface area contributed by atoms with Crippen molar-refractivity contribution in [1.82, 2.24) is 5.32 Å². The number of hydrogen-bond acceptors (Lipinski definition) is 4. The van der Waals surface area contributed by atoms with Crippen LogP contribution in [0.4, 0.5) is 4.79 Å². The van der Waals surface area contributed by atoms with Crippen molar-refractivity contribution >= 4 is 18.0 Å². The predicted octanol–water partition coefficient (Wildman–Crippen LogP) is 2.30. The quantitative estimate of drug-likeness (QED) is 0.703. The Morgan fingerprint density at radius 3 is 2.12 bits per heavy atom. The third-order valence-electron chi connectivity index (χ3n) is 3.18. The molecule has 0 aliphatic heterocycles. The first-order valence-corrected chi connectivity index (χ1v) is 7.57. The Hall–Kier alpha value is -2.57. The third kappa shape index (κ3) is 7.13. The van der Waals surface area contributed by atoms with Crippen LogP contribution >= 0.6 is 0 Å². The summed E-state index contributed by atoms with van der Waals surface area (Å²) in [7, 11) is 0. The number of carbonyl (C=O) groups excluding carboxylic acids is 1. The van der Waals surface area contributed by atoms with Crippen molar-refractivity contribution in [3.63, 3.8) is 0 Å². The number of carboxylic acids is 2. The smallest absolute Gasteiger partial charge is 0.408 e. The highest BCUT2D eigenvalue weighted by atomic mass is 16.6. The number of amides is 1. The van der Waals surface area contributed by atoms with Gasteiger partial charge in [-0.25, -0.2) is 9.59 Å². The monoisotopic (exact) mass is 337 g/mol. The van der Waals surface area contributed by atoms with E-state index in [0.29, 0.717) is 0 Å². The molecule has 7 nitrogen and oxygen atoms in total. The Kier molecular flexibility index (Phi) is 6.76. The van der Waals surface area contributed by atoms with E-state index in [4.69, 9.17) is 4.74 Å². The zero-order chi connectivity index (χ0) is 18.3. The maximum atomic E-state index is 11.7. The van der Waals surface area contributed by atoms with Gasteiger partial charge in [-0.2, -0.15) is 0 Å². The molecule has 7 heteroatoms. The molecule has 0 bridgehead atoms. The Morgan fingerprint density at radius 2 is 1.67 bits per heavy atom. The number of rotatable bonds is 7. The molecule has 1 aromatic carbocycles. The number of aliphatic carboxylic acids is 2. The number of hydrogen-bond donors (Lipinski definition) is 3. The Balaban J connectivity index is 2.77. The van der Waals surface area contributed by atoms with Crippen LogP contribution in [0.2, 0.25) is 0 Å². The van der Waals surface area contributed by atoms with E-state index in [-0.39, 0.29) is 12.8 Å². The number of carbonyl (C=O) groups is 3. The first-order chi connectivity index (χ1) is 11.1. The zero-order valence-corrected chi connectivity index (χ0v) is 14.0. The molecule has 0 aliphatic rings. The zero-order valence-electron chi connectivity index (χ0n) is 14.0. The third-order valence-corrected chi connectivity index (χ3v) is 3.18. The molecular weight excluding hydrogens is 314 g/mol. The maximum Gasteiger partial charge on any atom is 0.408 e. The lowest BCUT2D eigenvalue weighted by molar-refractivity contribution is -0.144. The summed E-state index contributed by atoms with van der Waals surface area (Å²) in [6, 6.07) is 7.57. The normalized spacial score (nSPS) is 13.6. The van der Waals surface area contributed by atoms with Gasteiger partial charge < -0.3 is 20.3 Å². The number of alkyl carbamates (subject to hydrolysis) is 1. The molecule has 24 heavy (non-hydrogen) atoms. The average molecular weight is 337 g/mol. The summed E-state index contributed by atoms with van der Waals surface area (Å²) >= 11 is 0. The van der Waals surface area contributed by atoms with Gasteiger partial charge in [0.1, 0.15) is 11.6 Å². The van der Waals surface area contributed by atoms with E-state index in [1.807, 2.05) is 6.07 Å². The summed E-state index contributed by atoms with van der Waals surface area (Å²) in [6.07, 6.45) is -0.951. The summed E-state index contributed by atoms with van der Waals surface area (Å²) in [5.41, 5.74) is 0.00919. The summed E-state index contributed by atoms with van der Waals surface area (Å²) in [5, 5.41) is 20.8. The van der Waals surface area contributed by atoms with Crippen molar-refractivity contribution in [2.45, 2.75) is 45.3 Å². The lowest BCUT2D eigenvalue weighted by atomic mass is 9.93. The van der Waals surface area contributed by atoms with Crippen LogP contribution in [0.25, 0.3) is 0 Å². The molecule has 2 atom stereocenters. The summed E-state index contributed by atoms with van der Waals surface area (Å²) in [6.45, 7) is 4.95. The molecule has 1 amide bonds. The van der Waals surface area contributed by atoms with Gasteiger partial charge in [-0.3, -0.25) is 4.79 Å². The average Bonchev–Trinajstić information content (AvgIpc) is 2.44. The number of ether oxygens (including phenoxy) is 1. The summed E-state index contributed by atoms with van der Waals surface area (Å²) in [5.74, 6) is -3.36. The molecule has 0 heterocycles. The second-order valence-corrected chi connectivity index (χ2v) is 6.50. The van der Waals surface area contributed by atoms with Gasteiger partial charge in [0.25, 0.3) is 0 Å². The Bertz CT molecular complexity index is 578. The standard InChI is InChI=1S/C17H23NO6/c1-17(2,3)24-16(23)18-13(15(21)22)10-12(14(19)20)9-11-7-5-4-6-8-11/h4-8,12-13H,9-10H2,1-3H3,(H,18,23)(H,19,20)(H,21,22)/t12-,13+/m1/s1. The molecule has 1 rings (SSSR count). The van der Waals surface area contributed by atoms with Crippen molar-refractivity contribution < 1.29 is 29.3 Å². The van der Waals surface area contributed by atoms with Crippen molar-refractivity contribution in [3.05, 3.63) is 35.9 Å². The summed E-state index contributed by atoms with van der Waals surface area (Å²) < 4.78 is 5.02. The van der Waals surface area contributed by atoms with Crippen LogP contribution in [0.1, 0.15) is 32.8 Å². The van der Waals surface area contributed by atoms with Crippen LogP contribution in [-0.4, -0.2) is 39.9 Å². The highest BCUT2D eigenvalue weighted by molar-refractivity contribution is 5.81. The highest BCUT2D eigenvalue weighted by Gasteiger charge is 2.30. The fourth-order valence-corrected chi connectivity index (χ4v) is 2.13. The van der Waals surface area contributed by atoms with E-state index in [2.05, 4.69) is 5.32 Å². The van der Waals surface area contributed by atoms with E-state index < -0.39 is 35.6 Å². The second-order valence-electron chi connectivity index (χ2n) is 6.50. The predicted molar refractivity (Wildman–Crippen MR) is 86.7 cm³/mol. The molecule has 0 unspecified atom stereocenters. The first-order valence-electron chi connectivity index (χ1n) is 7.57. The minimum Gasteiger partial charge on any atom is -0.481 e. The van der Waals surface area contributed by atoms with E-state index in [9.17, 15) is 24.6 Å². The van der Waals surface area contributed by atoms with E-state index >= 15 is 0 Å². The van der Waals surface area contributed by atoms with Gasteiger partial charge in [-0.1, -0.05) is 30.3 Å². The van der Waals surface area contributed by atoms with E-state index in [1.165, 1.54) is 0 Å². The highest BCUT2D eigenvalue weighted by Crippen LogP contribution is 2.16. The Labute approximate surface area is 140 Å². The number of carboxylic acid groups (broad SMARTS) is 2. The summed E-state index contributed by atoms with van der Waals surface area (Å²) in [4.78, 5) is 34.5. The second kappa shape index (κ2) is 8.33. The van der Waals surface area contributed by atoms with E-state index in [1.54, 1.807) is 45.0 Å². The molecule has 0 aromatic heterocycles. The molecule has 0 saturated heterocycles. The van der Waals surface area contributed by atoms with Crippen molar-refractivity contribution in [1.29, 1.82) is 0 Å². The molecule has 132 valence electrons. The van der Waals surface area contributed by atoms with Gasteiger partial charge in [0.05, 0.1) is 5.92 Å². The van der Waals surface area contributed by atoms with Gasteiger partial charge in [0.15, 0.2) is 0 Å². The number of nitrogens with one attached hydrogen (secondary N) is 1. The molecule has 0 spiro atoms. The van der Waals surface area contributed by atoms with Crippen LogP contribution in [0, 0.1) is 5.92 Å². The van der Waals surface area contributed by atoms with Gasteiger partial charge in [0.2, 0.25) is 0 Å². The maximum absolute atomic E-state index is 11.7. The lowest BCUT2D eigenvalue weighted by Gasteiger charge is -2.23. The molecule has 0 aliphatic carbocycles. The van der Waals surface area contributed by atoms with Gasteiger partial charge in [-0.15, -0.1) is 0 Å². The molecule has 1 aromatic rings. The van der Waals surface area contributed by atoms with Crippen LogP contribution in [0.3, 0.4) is 0 Å². The largest absolute Gasteiger partial charge is 0.481 e. The van der Waals surface area contributed by atoms with Gasteiger partial charge >= 0.3 is 18.0 Å². The van der Waals surface area contributed by atoms with Crippen LogP contribution in [-0.2, 0) is 20.7 Å². The van der Waals surface area contributed by atoms with E-state index in [0.717, 1.165) is 5.56 Å². The minimum absolute atomic E-state index is 0.177. The number of benzene rings is 1. The molecule has 3 N–H and O–H groups in total. The van der Waals surface area contributed by atoms with Crippen molar-refractivity contribution in [3.8, 4) is 0 Å². The molecule has 0 saturated carbocycles. The minimum atomic E-state index is -1.34. The fourth-order valence-electron chi connectivity index (χ4n) is 2.13. The van der Waals surface area contributed by atoms with Crippen molar-refractivity contribution in [2.75, 3.05) is 0 Å². The fraction of sp³-hybridized carbons (Fsp3) is 0.471. The molecular formula is C17H23NO6. The first kappa shape index (κ1) is 19.5. The molecule has 0 fully saturated rings. The lowest BCUT2D eigenvalue weighted by Crippen LogP contribution is -2.45. The van der Waals surface area contributed by atoms with Crippen molar-refractivity contribution in [2.24, 2.45) is 5.92 Å². The van der Waals surface area contributed by atoms with Gasteiger partial charge in [0, 0.05) is 0 Å². The van der Waals surface area contributed by atoms with Crippen LogP contribution < -0.4 is 5.32 Å². The topological polar surface area (TPSA) is 113 Å².